The van der Waals surface area contributed by atoms with Crippen LogP contribution in [0, 0.1) is 10.1 Å². The maximum atomic E-state index is 13.1. The van der Waals surface area contributed by atoms with Crippen LogP contribution in [0.5, 0.6) is 0 Å². The number of carbonyl (C=O) groups excluding carboxylic acids is 1. The molecule has 0 atom stereocenters. The van der Waals surface area contributed by atoms with Gasteiger partial charge in [-0.3, -0.25) is 19.8 Å². The highest BCUT2D eigenvalue weighted by molar-refractivity contribution is 8.19. The van der Waals surface area contributed by atoms with Gasteiger partial charge in [-0.2, -0.15) is 4.99 Å². The van der Waals surface area contributed by atoms with Gasteiger partial charge in [-0.25, -0.2) is 4.98 Å². The molecule has 0 bridgehead atoms. The molecule has 2 heterocycles. The zero-order chi connectivity index (χ0) is 19.5. The van der Waals surface area contributed by atoms with Crippen LogP contribution in [-0.2, 0) is 4.79 Å². The fourth-order valence-corrected chi connectivity index (χ4v) is 4.16. The quantitative estimate of drug-likeness (QED) is 0.349. The van der Waals surface area contributed by atoms with Gasteiger partial charge in [0.2, 0.25) is 5.13 Å². The summed E-state index contributed by atoms with van der Waals surface area (Å²) in [7, 11) is 0. The average Bonchev–Trinajstić information content (AvgIpc) is 3.31. The van der Waals surface area contributed by atoms with Crippen LogP contribution in [0.2, 0.25) is 0 Å². The summed E-state index contributed by atoms with van der Waals surface area (Å²) >= 11 is 2.53. The van der Waals surface area contributed by atoms with E-state index in [1.165, 1.54) is 40.1 Å². The molecule has 1 aliphatic rings. The van der Waals surface area contributed by atoms with Crippen LogP contribution in [0.3, 0.4) is 0 Å². The van der Waals surface area contributed by atoms with Gasteiger partial charge in [0.15, 0.2) is 5.17 Å². The van der Waals surface area contributed by atoms with Crippen molar-refractivity contribution in [1.29, 1.82) is 0 Å². The van der Waals surface area contributed by atoms with E-state index < -0.39 is 4.92 Å². The predicted octanol–water partition coefficient (Wildman–Crippen LogP) is 4.86. The van der Waals surface area contributed by atoms with Gasteiger partial charge < -0.3 is 0 Å². The van der Waals surface area contributed by atoms with Gasteiger partial charge in [-0.15, -0.1) is 11.3 Å². The van der Waals surface area contributed by atoms with E-state index >= 15 is 0 Å². The minimum atomic E-state index is -0.462. The Balaban J connectivity index is 1.79. The van der Waals surface area contributed by atoms with Crippen LogP contribution in [-0.4, -0.2) is 21.0 Å². The number of thiazole rings is 1. The Morgan fingerprint density at radius 1 is 1.11 bits per heavy atom. The summed E-state index contributed by atoms with van der Waals surface area (Å²) in [4.78, 5) is 34.4. The first-order chi connectivity index (χ1) is 13.6. The molecule has 1 fully saturated rings. The summed E-state index contributed by atoms with van der Waals surface area (Å²) in [6.07, 6.45) is 3.17. The second-order valence-corrected chi connectivity index (χ2v) is 7.49. The maximum absolute atomic E-state index is 13.1. The molecule has 0 saturated carbocycles. The third-order valence-electron chi connectivity index (χ3n) is 3.85. The molecule has 3 aromatic rings. The highest BCUT2D eigenvalue weighted by Gasteiger charge is 2.35. The van der Waals surface area contributed by atoms with Crippen molar-refractivity contribution in [2.75, 3.05) is 4.90 Å². The van der Waals surface area contributed by atoms with E-state index in [0.717, 1.165) is 0 Å². The van der Waals surface area contributed by atoms with E-state index in [1.807, 2.05) is 30.3 Å². The van der Waals surface area contributed by atoms with E-state index in [1.54, 1.807) is 29.8 Å². The third-order valence-corrected chi connectivity index (χ3v) is 5.49. The molecule has 0 aliphatic carbocycles. The number of aromatic nitrogens is 1. The van der Waals surface area contributed by atoms with Crippen molar-refractivity contribution in [3.05, 3.63) is 86.8 Å². The standard InChI is InChI=1S/C19H12N4O3S2/c24-17-16(12-13-6-4-5-9-15(13)23(25)26)28-19(21-18-20-10-11-27-18)22(17)14-7-2-1-3-8-14/h1-12H/b16-12-,21-19+. The number of anilines is 1. The first-order valence-electron chi connectivity index (χ1n) is 8.14. The predicted molar refractivity (Wildman–Crippen MR) is 112 cm³/mol. The van der Waals surface area contributed by atoms with Crippen LogP contribution in [0.1, 0.15) is 5.56 Å². The molecule has 9 heteroatoms. The molecule has 0 unspecified atom stereocenters. The Bertz CT molecular complexity index is 1100. The second kappa shape index (κ2) is 7.75. The molecular formula is C19H12N4O3S2. The molecule has 138 valence electrons. The Morgan fingerprint density at radius 3 is 2.57 bits per heavy atom. The molecule has 0 N–H and O–H groups in total. The molecule has 4 rings (SSSR count). The Labute approximate surface area is 168 Å². The SMILES string of the molecule is O=C1/C(=C/c2ccccc2[N+](=O)[O-])S/C(=N/c2nccs2)N1c1ccccc1. The van der Waals surface area contributed by atoms with Crippen LogP contribution in [0.15, 0.2) is 76.1 Å². The number of hydrogen-bond acceptors (Lipinski definition) is 7. The number of hydrogen-bond donors (Lipinski definition) is 0. The zero-order valence-corrected chi connectivity index (χ0v) is 15.9. The number of aliphatic imine (C=N–C) groups is 1. The summed E-state index contributed by atoms with van der Waals surface area (Å²) < 4.78 is 0. The molecule has 1 aromatic heterocycles. The van der Waals surface area contributed by atoms with Crippen LogP contribution in [0.4, 0.5) is 16.5 Å². The first kappa shape index (κ1) is 18.1. The number of nitro groups is 1. The second-order valence-electron chi connectivity index (χ2n) is 5.61. The highest BCUT2D eigenvalue weighted by atomic mass is 32.2. The van der Waals surface area contributed by atoms with E-state index in [4.69, 9.17) is 0 Å². The number of para-hydroxylation sites is 2. The number of thioether (sulfide) groups is 1. The largest absolute Gasteiger partial charge is 0.276 e. The number of amidine groups is 1. The molecular weight excluding hydrogens is 396 g/mol. The molecule has 2 aromatic carbocycles. The van der Waals surface area contributed by atoms with E-state index in [-0.39, 0.29) is 11.6 Å². The maximum Gasteiger partial charge on any atom is 0.276 e. The number of benzene rings is 2. The van der Waals surface area contributed by atoms with Gasteiger partial charge in [0, 0.05) is 17.6 Å². The van der Waals surface area contributed by atoms with Crippen LogP contribution in [0.25, 0.3) is 6.08 Å². The summed E-state index contributed by atoms with van der Waals surface area (Å²) in [5.74, 6) is -0.287. The summed E-state index contributed by atoms with van der Waals surface area (Å²) in [5, 5.41) is 14.1. The number of carbonyl (C=O) groups is 1. The van der Waals surface area contributed by atoms with E-state index in [9.17, 15) is 14.9 Å². The number of nitro benzene ring substituents is 1. The van der Waals surface area contributed by atoms with Gasteiger partial charge in [0.05, 0.1) is 21.1 Å². The highest BCUT2D eigenvalue weighted by Crippen LogP contribution is 2.38. The van der Waals surface area contributed by atoms with Gasteiger partial charge in [0.1, 0.15) is 0 Å². The van der Waals surface area contributed by atoms with E-state index in [0.29, 0.717) is 26.5 Å². The first-order valence-corrected chi connectivity index (χ1v) is 9.84. The minimum Gasteiger partial charge on any atom is -0.268 e. The van der Waals surface area contributed by atoms with Crippen molar-refractivity contribution >= 4 is 56.8 Å². The molecule has 1 saturated heterocycles. The zero-order valence-electron chi connectivity index (χ0n) is 14.3. The summed E-state index contributed by atoms with van der Waals surface area (Å²) in [6.45, 7) is 0. The molecule has 1 aliphatic heterocycles. The third kappa shape index (κ3) is 3.57. The topological polar surface area (TPSA) is 88.7 Å². The fourth-order valence-electron chi connectivity index (χ4n) is 2.62. The number of rotatable bonds is 4. The van der Waals surface area contributed by atoms with Crippen molar-refractivity contribution < 1.29 is 9.72 Å². The summed E-state index contributed by atoms with van der Waals surface area (Å²) in [6, 6.07) is 15.5. The number of nitrogens with zero attached hydrogens (tertiary/aromatic N) is 4. The van der Waals surface area contributed by atoms with Crippen molar-refractivity contribution in [3.8, 4) is 0 Å². The van der Waals surface area contributed by atoms with Crippen molar-refractivity contribution in [2.24, 2.45) is 4.99 Å². The van der Waals surface area contributed by atoms with Gasteiger partial charge in [-0.05, 0) is 36.0 Å². The average molecular weight is 408 g/mol. The normalized spacial score (nSPS) is 16.9. The van der Waals surface area contributed by atoms with Crippen LogP contribution < -0.4 is 4.90 Å². The van der Waals surface area contributed by atoms with Gasteiger partial charge in [0.25, 0.3) is 11.6 Å². The van der Waals surface area contributed by atoms with Crippen LogP contribution >= 0.6 is 23.1 Å². The van der Waals surface area contributed by atoms with Crippen molar-refractivity contribution in [2.45, 2.75) is 0 Å². The minimum absolute atomic E-state index is 0.0556. The Hall–Kier alpha value is -3.30. The lowest BCUT2D eigenvalue weighted by atomic mass is 10.1. The molecule has 0 spiro atoms. The smallest absolute Gasteiger partial charge is 0.268 e. The van der Waals surface area contributed by atoms with Crippen molar-refractivity contribution in [3.63, 3.8) is 0 Å². The molecule has 1 amide bonds. The lowest BCUT2D eigenvalue weighted by Gasteiger charge is -2.14. The molecule has 0 radical (unpaired) electrons. The van der Waals surface area contributed by atoms with E-state index in [2.05, 4.69) is 9.98 Å². The van der Waals surface area contributed by atoms with Crippen molar-refractivity contribution in [1.82, 2.24) is 4.98 Å². The van der Waals surface area contributed by atoms with Gasteiger partial charge >= 0.3 is 0 Å². The lowest BCUT2D eigenvalue weighted by molar-refractivity contribution is -0.385. The summed E-state index contributed by atoms with van der Waals surface area (Å²) in [5.41, 5.74) is 0.980. The van der Waals surface area contributed by atoms with Gasteiger partial charge in [-0.1, -0.05) is 30.3 Å². The Morgan fingerprint density at radius 2 is 1.86 bits per heavy atom. The fraction of sp³-hybridized carbons (Fsp3) is 0. The molecule has 7 nitrogen and oxygen atoms in total. The monoisotopic (exact) mass is 408 g/mol. The Kier molecular flexibility index (Phi) is 5.00. The number of amides is 1. The molecule has 28 heavy (non-hydrogen) atoms. The lowest BCUT2D eigenvalue weighted by Crippen LogP contribution is -2.28.